The van der Waals surface area contributed by atoms with Gasteiger partial charge in [0.05, 0.1) is 10.5 Å². The van der Waals surface area contributed by atoms with Crippen molar-refractivity contribution in [3.05, 3.63) is 39.7 Å². The molecule has 0 fully saturated rings. The third-order valence-electron chi connectivity index (χ3n) is 3.29. The first-order valence-corrected chi connectivity index (χ1v) is 6.27. The number of halogens is 1. The van der Waals surface area contributed by atoms with Crippen LogP contribution in [0.3, 0.4) is 0 Å². The first-order valence-electron chi connectivity index (χ1n) is 6.27. The predicted molar refractivity (Wildman–Crippen MR) is 70.9 cm³/mol. The molecular formula is C13H17FN2O4. The minimum absolute atomic E-state index is 0.0491. The monoisotopic (exact) mass is 284 g/mol. The zero-order valence-electron chi connectivity index (χ0n) is 11.4. The van der Waals surface area contributed by atoms with E-state index >= 15 is 0 Å². The van der Waals surface area contributed by atoms with Gasteiger partial charge in [-0.2, -0.15) is 0 Å². The van der Waals surface area contributed by atoms with Crippen molar-refractivity contribution < 1.29 is 19.2 Å². The van der Waals surface area contributed by atoms with Crippen molar-refractivity contribution in [2.24, 2.45) is 0 Å². The Kier molecular flexibility index (Phi) is 5.15. The van der Waals surface area contributed by atoms with Crippen LogP contribution >= 0.6 is 0 Å². The van der Waals surface area contributed by atoms with E-state index in [1.165, 1.54) is 0 Å². The van der Waals surface area contributed by atoms with Gasteiger partial charge < -0.3 is 10.4 Å². The van der Waals surface area contributed by atoms with Crippen LogP contribution in [-0.4, -0.2) is 28.1 Å². The Hall–Kier alpha value is -2.02. The van der Waals surface area contributed by atoms with Crippen molar-refractivity contribution in [2.75, 3.05) is 6.54 Å². The van der Waals surface area contributed by atoms with Gasteiger partial charge in [0.25, 0.3) is 11.6 Å². The first kappa shape index (κ1) is 16.0. The summed E-state index contributed by atoms with van der Waals surface area (Å²) in [4.78, 5) is 22.0. The van der Waals surface area contributed by atoms with E-state index in [0.29, 0.717) is 12.8 Å². The average molecular weight is 284 g/mol. The Labute approximate surface area is 115 Å². The number of nitro benzene ring substituents is 1. The third-order valence-corrected chi connectivity index (χ3v) is 3.29. The number of nitrogens with one attached hydrogen (secondary N) is 1. The number of aliphatic hydroxyl groups is 1. The molecule has 0 atom stereocenters. The lowest BCUT2D eigenvalue weighted by molar-refractivity contribution is -0.385. The van der Waals surface area contributed by atoms with Gasteiger partial charge in [0, 0.05) is 12.6 Å². The summed E-state index contributed by atoms with van der Waals surface area (Å²) in [5, 5.41) is 23.2. The van der Waals surface area contributed by atoms with Gasteiger partial charge in [-0.3, -0.25) is 14.9 Å². The van der Waals surface area contributed by atoms with E-state index in [9.17, 15) is 24.4 Å². The molecule has 0 aliphatic rings. The Bertz CT molecular complexity index is 515. The van der Waals surface area contributed by atoms with Crippen LogP contribution in [0.25, 0.3) is 0 Å². The number of nitrogens with zero attached hydrogens (tertiary/aromatic N) is 1. The minimum atomic E-state index is -1.07. The van der Waals surface area contributed by atoms with E-state index in [4.69, 9.17) is 0 Å². The summed E-state index contributed by atoms with van der Waals surface area (Å²) < 4.78 is 13.1. The summed E-state index contributed by atoms with van der Waals surface area (Å²) in [6.45, 7) is 3.48. The van der Waals surface area contributed by atoms with Crippen LogP contribution in [0.4, 0.5) is 10.1 Å². The van der Waals surface area contributed by atoms with Crippen molar-refractivity contribution >= 4 is 11.6 Å². The summed E-state index contributed by atoms with van der Waals surface area (Å²) in [5.74, 6) is -1.52. The molecule has 0 spiro atoms. The molecule has 0 aromatic heterocycles. The topological polar surface area (TPSA) is 92.5 Å². The van der Waals surface area contributed by atoms with Crippen LogP contribution in [0.1, 0.15) is 37.0 Å². The molecule has 1 rings (SSSR count). The highest BCUT2D eigenvalue weighted by Crippen LogP contribution is 2.20. The van der Waals surface area contributed by atoms with Gasteiger partial charge in [-0.25, -0.2) is 4.39 Å². The van der Waals surface area contributed by atoms with Crippen LogP contribution in [0, 0.1) is 15.9 Å². The van der Waals surface area contributed by atoms with E-state index in [2.05, 4.69) is 5.32 Å². The van der Waals surface area contributed by atoms with Crippen LogP contribution < -0.4 is 5.32 Å². The van der Waals surface area contributed by atoms with Gasteiger partial charge in [0.1, 0.15) is 11.4 Å². The fourth-order valence-corrected chi connectivity index (χ4v) is 1.69. The smallest absolute Gasteiger partial charge is 0.282 e. The van der Waals surface area contributed by atoms with Crippen LogP contribution in [0.2, 0.25) is 0 Å². The second-order valence-electron chi connectivity index (χ2n) is 4.53. The predicted octanol–water partition coefficient (Wildman–Crippen LogP) is 2.01. The van der Waals surface area contributed by atoms with Gasteiger partial charge in [-0.1, -0.05) is 13.8 Å². The molecule has 0 aliphatic carbocycles. The lowest BCUT2D eigenvalue weighted by Crippen LogP contribution is -2.42. The summed E-state index contributed by atoms with van der Waals surface area (Å²) in [7, 11) is 0. The van der Waals surface area contributed by atoms with Crippen molar-refractivity contribution in [2.45, 2.75) is 32.3 Å². The highest BCUT2D eigenvalue weighted by Gasteiger charge is 2.26. The largest absolute Gasteiger partial charge is 0.388 e. The number of hydrogen-bond acceptors (Lipinski definition) is 4. The lowest BCUT2D eigenvalue weighted by atomic mass is 9.97. The summed E-state index contributed by atoms with van der Waals surface area (Å²) in [6, 6.07) is 2.67. The molecule has 6 nitrogen and oxygen atoms in total. The van der Waals surface area contributed by atoms with Crippen molar-refractivity contribution in [3.8, 4) is 0 Å². The number of amides is 1. The molecule has 2 N–H and O–H groups in total. The number of rotatable bonds is 6. The quantitative estimate of drug-likeness (QED) is 0.617. The molecule has 1 aromatic rings. The summed E-state index contributed by atoms with van der Waals surface area (Å²) in [5.41, 5.74) is -1.90. The summed E-state index contributed by atoms with van der Waals surface area (Å²) in [6.07, 6.45) is 0.851. The van der Waals surface area contributed by atoms with Crippen LogP contribution in [-0.2, 0) is 0 Å². The fourth-order valence-electron chi connectivity index (χ4n) is 1.69. The maximum atomic E-state index is 13.1. The second-order valence-corrected chi connectivity index (χ2v) is 4.53. The van der Waals surface area contributed by atoms with E-state index in [1.807, 2.05) is 0 Å². The molecule has 0 saturated carbocycles. The molecule has 0 heterocycles. The first-order chi connectivity index (χ1) is 9.33. The van der Waals surface area contributed by atoms with Gasteiger partial charge in [-0.05, 0) is 25.0 Å². The molecule has 7 heteroatoms. The van der Waals surface area contributed by atoms with E-state index < -0.39 is 27.9 Å². The number of carbonyl (C=O) groups is 1. The molecule has 0 aliphatic heterocycles. The molecule has 0 saturated heterocycles. The SMILES string of the molecule is CCC(O)(CC)CNC(=O)c1cc(F)ccc1[N+](=O)[O-]. The van der Waals surface area contributed by atoms with Crippen molar-refractivity contribution in [1.82, 2.24) is 5.32 Å². The van der Waals surface area contributed by atoms with E-state index in [0.717, 1.165) is 18.2 Å². The number of hydrogen-bond donors (Lipinski definition) is 2. The highest BCUT2D eigenvalue weighted by molar-refractivity contribution is 5.98. The van der Waals surface area contributed by atoms with Gasteiger partial charge in [0.2, 0.25) is 0 Å². The molecule has 0 bridgehead atoms. The Morgan fingerprint density at radius 3 is 2.55 bits per heavy atom. The molecule has 0 radical (unpaired) electrons. The number of benzene rings is 1. The zero-order chi connectivity index (χ0) is 15.3. The minimum Gasteiger partial charge on any atom is -0.388 e. The fraction of sp³-hybridized carbons (Fsp3) is 0.462. The van der Waals surface area contributed by atoms with Crippen LogP contribution in [0.15, 0.2) is 18.2 Å². The number of nitro groups is 1. The van der Waals surface area contributed by atoms with E-state index in [-0.39, 0.29) is 12.1 Å². The second kappa shape index (κ2) is 6.42. The van der Waals surface area contributed by atoms with E-state index in [1.54, 1.807) is 13.8 Å². The summed E-state index contributed by atoms with van der Waals surface area (Å²) >= 11 is 0. The Balaban J connectivity index is 2.93. The van der Waals surface area contributed by atoms with Gasteiger partial charge >= 0.3 is 0 Å². The molecule has 0 unspecified atom stereocenters. The Morgan fingerprint density at radius 1 is 1.45 bits per heavy atom. The highest BCUT2D eigenvalue weighted by atomic mass is 19.1. The van der Waals surface area contributed by atoms with Crippen LogP contribution in [0.5, 0.6) is 0 Å². The van der Waals surface area contributed by atoms with Crippen molar-refractivity contribution in [1.29, 1.82) is 0 Å². The molecule has 1 amide bonds. The van der Waals surface area contributed by atoms with Crippen molar-refractivity contribution in [3.63, 3.8) is 0 Å². The van der Waals surface area contributed by atoms with Gasteiger partial charge in [-0.15, -0.1) is 0 Å². The molecule has 20 heavy (non-hydrogen) atoms. The third kappa shape index (κ3) is 3.74. The molecular weight excluding hydrogens is 267 g/mol. The molecule has 110 valence electrons. The lowest BCUT2D eigenvalue weighted by Gasteiger charge is -2.25. The number of carbonyl (C=O) groups excluding carboxylic acids is 1. The average Bonchev–Trinajstić information content (AvgIpc) is 2.43. The van der Waals surface area contributed by atoms with Gasteiger partial charge in [0.15, 0.2) is 0 Å². The standard InChI is InChI=1S/C13H17FN2O4/c1-3-13(18,4-2)8-15-12(17)10-7-9(14)5-6-11(10)16(19)20/h5-7,18H,3-4,8H2,1-2H3,(H,15,17). The maximum absolute atomic E-state index is 13.1. The maximum Gasteiger partial charge on any atom is 0.282 e. The molecule has 1 aromatic carbocycles. The zero-order valence-corrected chi connectivity index (χ0v) is 11.4. The Morgan fingerprint density at radius 2 is 2.05 bits per heavy atom. The normalized spacial score (nSPS) is 11.2.